The van der Waals surface area contributed by atoms with E-state index in [9.17, 15) is 9.90 Å². The zero-order valence-electron chi connectivity index (χ0n) is 14.1. The third kappa shape index (κ3) is 4.41. The number of aliphatic hydroxyl groups excluding tert-OH is 1. The summed E-state index contributed by atoms with van der Waals surface area (Å²) in [7, 11) is 0. The molecule has 132 valence electrons. The number of rotatable bonds is 9. The van der Waals surface area contributed by atoms with Crippen LogP contribution >= 0.6 is 0 Å². The molecule has 0 spiro atoms. The number of ether oxygens (including phenoxy) is 2. The average molecular weight is 336 g/mol. The Morgan fingerprint density at radius 2 is 2.08 bits per heavy atom. The molecule has 0 saturated carbocycles. The molecule has 24 heavy (non-hydrogen) atoms. The van der Waals surface area contributed by atoms with Crippen LogP contribution in [0.5, 0.6) is 17.2 Å². The predicted molar refractivity (Wildman–Crippen MR) is 90.9 cm³/mol. The zero-order chi connectivity index (χ0) is 17.5. The van der Waals surface area contributed by atoms with Crippen LogP contribution in [0.2, 0.25) is 0 Å². The summed E-state index contributed by atoms with van der Waals surface area (Å²) in [5.74, 6) is 0.388. The summed E-state index contributed by atoms with van der Waals surface area (Å²) in [4.78, 5) is 12.0. The Morgan fingerprint density at radius 3 is 2.79 bits per heavy atom. The fourth-order valence-electron chi connectivity index (χ4n) is 2.42. The van der Waals surface area contributed by atoms with E-state index in [0.717, 1.165) is 12.8 Å². The molecule has 1 atom stereocenters. The van der Waals surface area contributed by atoms with Gasteiger partial charge in [-0.15, -0.1) is 0 Å². The van der Waals surface area contributed by atoms with Gasteiger partial charge in [-0.05, 0) is 30.5 Å². The molecule has 0 fully saturated rings. The van der Waals surface area contributed by atoms with Crippen LogP contribution in [0.4, 0.5) is 0 Å². The van der Waals surface area contributed by atoms with Gasteiger partial charge in [-0.25, -0.2) is 4.79 Å². The van der Waals surface area contributed by atoms with Gasteiger partial charge in [0.05, 0.1) is 18.6 Å². The first-order valence-corrected chi connectivity index (χ1v) is 8.23. The minimum absolute atomic E-state index is 0.0433. The summed E-state index contributed by atoms with van der Waals surface area (Å²) >= 11 is 0. The van der Waals surface area contributed by atoms with Crippen molar-refractivity contribution in [2.24, 2.45) is 5.92 Å². The van der Waals surface area contributed by atoms with Crippen molar-refractivity contribution < 1.29 is 24.1 Å². The van der Waals surface area contributed by atoms with E-state index in [4.69, 9.17) is 19.0 Å². The minimum Gasteiger partial charge on any atom is -0.504 e. The van der Waals surface area contributed by atoms with Crippen LogP contribution in [-0.4, -0.2) is 30.0 Å². The molecule has 2 rings (SSSR count). The van der Waals surface area contributed by atoms with Crippen molar-refractivity contribution in [3.8, 4) is 17.2 Å². The van der Waals surface area contributed by atoms with Crippen LogP contribution < -0.4 is 15.1 Å². The number of aliphatic hydroxyl groups is 1. The van der Waals surface area contributed by atoms with Crippen molar-refractivity contribution in [1.82, 2.24) is 0 Å². The Morgan fingerprint density at radius 1 is 1.29 bits per heavy atom. The molecule has 2 N–H and O–H groups in total. The quantitative estimate of drug-likeness (QED) is 0.540. The molecule has 0 amide bonds. The molecule has 1 heterocycles. The van der Waals surface area contributed by atoms with E-state index in [1.54, 1.807) is 18.2 Å². The lowest BCUT2D eigenvalue weighted by Gasteiger charge is -2.13. The van der Waals surface area contributed by atoms with E-state index in [0.29, 0.717) is 30.8 Å². The summed E-state index contributed by atoms with van der Waals surface area (Å²) in [5, 5.41) is 19.5. The van der Waals surface area contributed by atoms with Gasteiger partial charge in [0.25, 0.3) is 0 Å². The second-order valence-electron chi connectivity index (χ2n) is 5.86. The summed E-state index contributed by atoms with van der Waals surface area (Å²) in [6.45, 7) is 4.84. The smallest absolute Gasteiger partial charge is 0.383 e. The maximum atomic E-state index is 12.0. The Bertz CT molecular complexity index is 721. The van der Waals surface area contributed by atoms with Crippen LogP contribution in [0.15, 0.2) is 27.4 Å². The van der Waals surface area contributed by atoms with Gasteiger partial charge in [0.15, 0.2) is 5.75 Å². The van der Waals surface area contributed by atoms with E-state index < -0.39 is 5.63 Å². The van der Waals surface area contributed by atoms with Crippen molar-refractivity contribution in [3.05, 3.63) is 28.6 Å². The van der Waals surface area contributed by atoms with E-state index in [2.05, 4.69) is 6.92 Å². The van der Waals surface area contributed by atoms with Crippen molar-refractivity contribution in [3.63, 3.8) is 0 Å². The SMILES string of the molecule is CCCC(C)COc1c(O)c2cc(OCCCO)ccc2oc1=O. The van der Waals surface area contributed by atoms with E-state index in [1.165, 1.54) is 0 Å². The highest BCUT2D eigenvalue weighted by atomic mass is 16.5. The zero-order valence-corrected chi connectivity index (χ0v) is 14.1. The van der Waals surface area contributed by atoms with Crippen LogP contribution in [0.25, 0.3) is 11.0 Å². The Balaban J connectivity index is 2.26. The summed E-state index contributed by atoms with van der Waals surface area (Å²) in [6.07, 6.45) is 2.51. The van der Waals surface area contributed by atoms with Crippen LogP contribution in [0, 0.1) is 5.92 Å². The highest BCUT2D eigenvalue weighted by molar-refractivity contribution is 5.86. The largest absolute Gasteiger partial charge is 0.504 e. The number of hydrogen-bond donors (Lipinski definition) is 2. The summed E-state index contributed by atoms with van der Waals surface area (Å²) < 4.78 is 16.2. The lowest BCUT2D eigenvalue weighted by atomic mass is 10.1. The number of aromatic hydroxyl groups is 1. The van der Waals surface area contributed by atoms with Gasteiger partial charge < -0.3 is 24.1 Å². The molecule has 6 heteroatoms. The van der Waals surface area contributed by atoms with Gasteiger partial charge in [0, 0.05) is 13.0 Å². The van der Waals surface area contributed by atoms with Crippen LogP contribution in [0.3, 0.4) is 0 Å². The van der Waals surface area contributed by atoms with Crippen molar-refractivity contribution >= 4 is 11.0 Å². The second kappa shape index (κ2) is 8.59. The molecular weight excluding hydrogens is 312 g/mol. The number of fused-ring (bicyclic) bond motifs is 1. The lowest BCUT2D eigenvalue weighted by Crippen LogP contribution is -2.13. The molecule has 0 aliphatic rings. The molecule has 6 nitrogen and oxygen atoms in total. The van der Waals surface area contributed by atoms with Gasteiger partial charge in [-0.3, -0.25) is 0 Å². The van der Waals surface area contributed by atoms with Gasteiger partial charge in [-0.2, -0.15) is 0 Å². The van der Waals surface area contributed by atoms with E-state index >= 15 is 0 Å². The topological polar surface area (TPSA) is 89.1 Å². The minimum atomic E-state index is -0.697. The van der Waals surface area contributed by atoms with Gasteiger partial charge >= 0.3 is 5.63 Å². The van der Waals surface area contributed by atoms with E-state index in [-0.39, 0.29) is 29.6 Å². The first-order valence-electron chi connectivity index (χ1n) is 8.23. The van der Waals surface area contributed by atoms with Crippen LogP contribution in [0.1, 0.15) is 33.1 Å². The molecule has 1 aromatic carbocycles. The molecule has 1 aromatic heterocycles. The third-order valence-electron chi connectivity index (χ3n) is 3.67. The molecule has 2 aromatic rings. The van der Waals surface area contributed by atoms with Crippen molar-refractivity contribution in [1.29, 1.82) is 0 Å². The summed E-state index contributed by atoms with van der Waals surface area (Å²) in [5.41, 5.74) is -0.432. The average Bonchev–Trinajstić information content (AvgIpc) is 2.55. The van der Waals surface area contributed by atoms with Gasteiger partial charge in [0.1, 0.15) is 11.3 Å². The fourth-order valence-corrected chi connectivity index (χ4v) is 2.42. The third-order valence-corrected chi connectivity index (χ3v) is 3.67. The number of hydrogen-bond acceptors (Lipinski definition) is 6. The highest BCUT2D eigenvalue weighted by Gasteiger charge is 2.17. The monoisotopic (exact) mass is 336 g/mol. The Kier molecular flexibility index (Phi) is 6.49. The lowest BCUT2D eigenvalue weighted by molar-refractivity contribution is 0.231. The molecule has 0 aliphatic carbocycles. The standard InChI is InChI=1S/C18H24O6/c1-3-5-12(2)11-23-17-16(20)14-10-13(22-9-4-8-19)6-7-15(14)24-18(17)21/h6-7,10,12,19-20H,3-5,8-9,11H2,1-2H3. The van der Waals surface area contributed by atoms with Gasteiger partial charge in [0.2, 0.25) is 5.75 Å². The predicted octanol–water partition coefficient (Wildman–Crippen LogP) is 3.07. The van der Waals surface area contributed by atoms with E-state index in [1.807, 2.05) is 6.92 Å². The Hall–Kier alpha value is -2.21. The first kappa shape index (κ1) is 18.1. The number of benzene rings is 1. The normalized spacial score (nSPS) is 12.3. The highest BCUT2D eigenvalue weighted by Crippen LogP contribution is 2.34. The van der Waals surface area contributed by atoms with Crippen molar-refractivity contribution in [2.75, 3.05) is 19.8 Å². The van der Waals surface area contributed by atoms with Crippen LogP contribution in [-0.2, 0) is 0 Å². The molecule has 0 radical (unpaired) electrons. The Labute approximate surface area is 140 Å². The molecule has 0 saturated heterocycles. The maximum Gasteiger partial charge on any atom is 0.383 e. The second-order valence-corrected chi connectivity index (χ2v) is 5.86. The molecule has 1 unspecified atom stereocenters. The molecule has 0 aliphatic heterocycles. The van der Waals surface area contributed by atoms with Crippen molar-refractivity contribution in [2.45, 2.75) is 33.1 Å². The first-order chi connectivity index (χ1) is 11.6. The summed E-state index contributed by atoms with van der Waals surface area (Å²) in [6, 6.07) is 4.80. The maximum absolute atomic E-state index is 12.0. The van der Waals surface area contributed by atoms with Gasteiger partial charge in [-0.1, -0.05) is 20.3 Å². The fraction of sp³-hybridized carbons (Fsp3) is 0.500. The molecule has 0 bridgehead atoms. The molecular formula is C18H24O6.